The van der Waals surface area contributed by atoms with E-state index in [1.807, 2.05) is 10.9 Å². The number of fused-ring (bicyclic) bond motifs is 1. The van der Waals surface area contributed by atoms with E-state index in [-0.39, 0.29) is 6.23 Å². The molecule has 16 heavy (non-hydrogen) atoms. The van der Waals surface area contributed by atoms with Gasteiger partial charge in [0.25, 0.3) is 0 Å². The van der Waals surface area contributed by atoms with Crippen LogP contribution in [0, 0.1) is 0 Å². The molecule has 0 aliphatic carbocycles. The molecule has 3 nitrogen and oxygen atoms in total. The Morgan fingerprint density at radius 3 is 3.12 bits per heavy atom. The van der Waals surface area contributed by atoms with Crippen molar-refractivity contribution in [1.82, 2.24) is 9.78 Å². The van der Waals surface area contributed by atoms with Crippen LogP contribution in [0.1, 0.15) is 25.5 Å². The average molecular weight is 214 g/mol. The Labute approximate surface area is 95.8 Å². The molecular weight excluding hydrogens is 199 g/mol. The Morgan fingerprint density at radius 2 is 2.31 bits per heavy atom. The molecule has 0 N–H and O–H groups in total. The minimum absolute atomic E-state index is 0.133. The van der Waals surface area contributed by atoms with Gasteiger partial charge in [-0.15, -0.1) is 0 Å². The first-order chi connectivity index (χ1) is 7.84. The summed E-state index contributed by atoms with van der Waals surface area (Å²) >= 11 is 0. The fraction of sp³-hybridized carbons (Fsp3) is 0.417. The summed E-state index contributed by atoms with van der Waals surface area (Å²) in [6, 6.07) is 6.43. The van der Waals surface area contributed by atoms with Gasteiger partial charge in [0.1, 0.15) is 7.85 Å². The summed E-state index contributed by atoms with van der Waals surface area (Å²) in [5, 5.41) is 5.65. The number of hydrogen-bond donors (Lipinski definition) is 0. The van der Waals surface area contributed by atoms with E-state index in [9.17, 15) is 0 Å². The lowest BCUT2D eigenvalue weighted by molar-refractivity contribution is -0.0366. The zero-order valence-corrected chi connectivity index (χ0v) is 9.52. The van der Waals surface area contributed by atoms with Gasteiger partial charge in [0.2, 0.25) is 0 Å². The minimum Gasteiger partial charge on any atom is -0.356 e. The van der Waals surface area contributed by atoms with E-state index in [4.69, 9.17) is 4.74 Å². The molecule has 1 unspecified atom stereocenters. The SMILES string of the molecule is Bc1ccc2c(cnn2C2CCCCO2)c1. The zero-order valence-electron chi connectivity index (χ0n) is 9.52. The molecule has 0 saturated carbocycles. The van der Waals surface area contributed by atoms with Crippen molar-refractivity contribution in [3.63, 3.8) is 0 Å². The van der Waals surface area contributed by atoms with Gasteiger partial charge >= 0.3 is 0 Å². The third-order valence-corrected chi connectivity index (χ3v) is 3.18. The van der Waals surface area contributed by atoms with Crippen LogP contribution in [0.25, 0.3) is 10.9 Å². The molecule has 1 fully saturated rings. The van der Waals surface area contributed by atoms with Gasteiger partial charge in [0.05, 0.1) is 11.7 Å². The molecular formula is C12H15BN2O. The van der Waals surface area contributed by atoms with E-state index in [1.165, 1.54) is 29.2 Å². The molecule has 1 aliphatic heterocycles. The molecule has 82 valence electrons. The van der Waals surface area contributed by atoms with Crippen LogP contribution < -0.4 is 5.46 Å². The highest BCUT2D eigenvalue weighted by Gasteiger charge is 2.17. The topological polar surface area (TPSA) is 27.1 Å². The third kappa shape index (κ3) is 1.63. The zero-order chi connectivity index (χ0) is 11.0. The van der Waals surface area contributed by atoms with Crippen molar-refractivity contribution in [2.24, 2.45) is 0 Å². The largest absolute Gasteiger partial charge is 0.356 e. The summed E-state index contributed by atoms with van der Waals surface area (Å²) in [4.78, 5) is 0. The van der Waals surface area contributed by atoms with Crippen molar-refractivity contribution in [3.8, 4) is 0 Å². The van der Waals surface area contributed by atoms with E-state index in [2.05, 4.69) is 31.1 Å². The number of hydrogen-bond acceptors (Lipinski definition) is 2. The molecule has 1 atom stereocenters. The molecule has 1 aromatic carbocycles. The summed E-state index contributed by atoms with van der Waals surface area (Å²) in [6.07, 6.45) is 5.55. The van der Waals surface area contributed by atoms with E-state index >= 15 is 0 Å². The first kappa shape index (κ1) is 9.91. The van der Waals surface area contributed by atoms with Crippen LogP contribution in [0.3, 0.4) is 0 Å². The van der Waals surface area contributed by atoms with Gasteiger partial charge < -0.3 is 4.74 Å². The fourth-order valence-corrected chi connectivity index (χ4v) is 2.32. The number of aromatic nitrogens is 2. The second-order valence-corrected chi connectivity index (χ2v) is 4.47. The van der Waals surface area contributed by atoms with Gasteiger partial charge in [-0.25, -0.2) is 4.68 Å². The van der Waals surface area contributed by atoms with Crippen molar-refractivity contribution in [3.05, 3.63) is 24.4 Å². The summed E-state index contributed by atoms with van der Waals surface area (Å²) in [5.74, 6) is 0. The lowest BCUT2D eigenvalue weighted by Gasteiger charge is -2.23. The van der Waals surface area contributed by atoms with Crippen LogP contribution >= 0.6 is 0 Å². The summed E-state index contributed by atoms with van der Waals surface area (Å²) in [6.45, 7) is 0.859. The highest BCUT2D eigenvalue weighted by molar-refractivity contribution is 6.33. The Hall–Kier alpha value is -1.29. The van der Waals surface area contributed by atoms with Gasteiger partial charge in [0, 0.05) is 12.0 Å². The van der Waals surface area contributed by atoms with Crippen molar-refractivity contribution >= 4 is 24.2 Å². The van der Waals surface area contributed by atoms with Gasteiger partial charge in [-0.05, 0) is 25.3 Å². The normalized spacial score (nSPS) is 21.4. The predicted molar refractivity (Wildman–Crippen MR) is 66.8 cm³/mol. The van der Waals surface area contributed by atoms with Gasteiger partial charge in [-0.3, -0.25) is 0 Å². The standard InChI is InChI=1S/C12H15BN2O/c13-10-4-5-11-9(7-10)8-14-15(11)12-3-1-2-6-16-12/h4-5,7-8,12H,1-3,6,13H2. The van der Waals surface area contributed by atoms with Gasteiger partial charge in [-0.2, -0.15) is 5.10 Å². The predicted octanol–water partition coefficient (Wildman–Crippen LogP) is 0.994. The van der Waals surface area contributed by atoms with Crippen LogP contribution in [0.2, 0.25) is 0 Å². The third-order valence-electron chi connectivity index (χ3n) is 3.18. The second-order valence-electron chi connectivity index (χ2n) is 4.47. The van der Waals surface area contributed by atoms with Crippen molar-refractivity contribution in [2.45, 2.75) is 25.5 Å². The lowest BCUT2D eigenvalue weighted by Crippen LogP contribution is -2.19. The summed E-state index contributed by atoms with van der Waals surface area (Å²) in [5.41, 5.74) is 2.45. The van der Waals surface area contributed by atoms with Crippen LogP contribution in [0.15, 0.2) is 24.4 Å². The van der Waals surface area contributed by atoms with Gasteiger partial charge in [-0.1, -0.05) is 17.6 Å². The summed E-state index contributed by atoms with van der Waals surface area (Å²) < 4.78 is 7.78. The quantitative estimate of drug-likeness (QED) is 0.662. The van der Waals surface area contributed by atoms with Gasteiger partial charge in [0.15, 0.2) is 6.23 Å². The maximum absolute atomic E-state index is 5.76. The van der Waals surface area contributed by atoms with Crippen LogP contribution in [0.4, 0.5) is 0 Å². The number of nitrogens with zero attached hydrogens (tertiary/aromatic N) is 2. The molecule has 2 aromatic rings. The van der Waals surface area contributed by atoms with E-state index in [1.54, 1.807) is 0 Å². The average Bonchev–Trinajstić information content (AvgIpc) is 2.73. The number of rotatable bonds is 1. The second kappa shape index (κ2) is 3.94. The number of ether oxygens (including phenoxy) is 1. The number of benzene rings is 1. The molecule has 4 heteroatoms. The Kier molecular flexibility index (Phi) is 2.44. The molecule has 2 heterocycles. The first-order valence-corrected chi connectivity index (χ1v) is 5.90. The molecule has 3 rings (SSSR count). The highest BCUT2D eigenvalue weighted by Crippen LogP contribution is 2.25. The molecule has 1 saturated heterocycles. The molecule has 0 spiro atoms. The smallest absolute Gasteiger partial charge is 0.150 e. The summed E-state index contributed by atoms with van der Waals surface area (Å²) in [7, 11) is 2.11. The monoisotopic (exact) mass is 214 g/mol. The van der Waals surface area contributed by atoms with E-state index in [0.717, 1.165) is 13.0 Å². The van der Waals surface area contributed by atoms with E-state index < -0.39 is 0 Å². The van der Waals surface area contributed by atoms with Crippen LogP contribution in [0.5, 0.6) is 0 Å². The maximum atomic E-state index is 5.76. The van der Waals surface area contributed by atoms with Crippen molar-refractivity contribution in [1.29, 1.82) is 0 Å². The highest BCUT2D eigenvalue weighted by atomic mass is 16.5. The Balaban J connectivity index is 2.03. The molecule has 0 radical (unpaired) electrons. The van der Waals surface area contributed by atoms with Crippen LogP contribution in [-0.4, -0.2) is 24.2 Å². The van der Waals surface area contributed by atoms with E-state index in [0.29, 0.717) is 0 Å². The Morgan fingerprint density at radius 1 is 1.38 bits per heavy atom. The minimum atomic E-state index is 0.133. The lowest BCUT2D eigenvalue weighted by atomic mass is 9.95. The molecule has 1 aromatic heterocycles. The maximum Gasteiger partial charge on any atom is 0.150 e. The first-order valence-electron chi connectivity index (χ1n) is 5.90. The Bertz CT molecular complexity index is 503. The molecule has 0 amide bonds. The molecule has 0 bridgehead atoms. The fourth-order valence-electron chi connectivity index (χ4n) is 2.32. The van der Waals surface area contributed by atoms with Crippen LogP contribution in [-0.2, 0) is 4.74 Å². The van der Waals surface area contributed by atoms with Crippen molar-refractivity contribution in [2.75, 3.05) is 6.61 Å². The molecule has 1 aliphatic rings. The van der Waals surface area contributed by atoms with Crippen molar-refractivity contribution < 1.29 is 4.74 Å².